The van der Waals surface area contributed by atoms with E-state index < -0.39 is 18.0 Å². The van der Waals surface area contributed by atoms with Crippen LogP contribution in [0.1, 0.15) is 29.8 Å². The zero-order valence-electron chi connectivity index (χ0n) is 20.0. The number of benzene rings is 1. The molecule has 11 heteroatoms. The van der Waals surface area contributed by atoms with Crippen molar-refractivity contribution in [2.24, 2.45) is 11.3 Å². The van der Waals surface area contributed by atoms with Crippen LogP contribution in [0.2, 0.25) is 0 Å². The van der Waals surface area contributed by atoms with Crippen LogP contribution in [0.4, 0.5) is 14.7 Å². The van der Waals surface area contributed by atoms with Crippen LogP contribution in [0.15, 0.2) is 49.1 Å². The van der Waals surface area contributed by atoms with Gasteiger partial charge in [-0.05, 0) is 31.7 Å². The van der Waals surface area contributed by atoms with E-state index in [4.69, 9.17) is 4.74 Å². The molecule has 0 bridgehead atoms. The minimum absolute atomic E-state index is 0.134. The van der Waals surface area contributed by atoms with Crippen molar-refractivity contribution in [3.05, 3.63) is 66.0 Å². The number of aliphatic carboxylic acids is 1. The van der Waals surface area contributed by atoms with Gasteiger partial charge in [-0.3, -0.25) is 14.2 Å². The van der Waals surface area contributed by atoms with Gasteiger partial charge in [0.05, 0.1) is 28.7 Å². The second kappa shape index (κ2) is 8.75. The molecule has 2 unspecified atom stereocenters. The van der Waals surface area contributed by atoms with Gasteiger partial charge in [-0.1, -0.05) is 18.2 Å². The van der Waals surface area contributed by atoms with Gasteiger partial charge in [0, 0.05) is 49.2 Å². The monoisotopic (exact) mass is 506 g/mol. The standard InChI is InChI=1S/C26H24F2N6O3/c1-15-20(8-16-4-2-3-5-21(16)37-24(27)28)34-14-19(29-12-22(34)32-15)17-10-30-25(31-11-17)33-7-6-26(23(35)36)9-18(26)13-33/h2-5,10-12,14,18,24H,6-9,13H2,1H3,(H,35,36). The lowest BCUT2D eigenvalue weighted by atomic mass is 9.96. The Morgan fingerprint density at radius 2 is 2.00 bits per heavy atom. The second-order valence-corrected chi connectivity index (χ2v) is 9.64. The maximum absolute atomic E-state index is 12.9. The Morgan fingerprint density at radius 3 is 2.73 bits per heavy atom. The average Bonchev–Trinajstić information content (AvgIpc) is 3.56. The summed E-state index contributed by atoms with van der Waals surface area (Å²) < 4.78 is 32.4. The number of para-hydroxylation sites is 1. The molecule has 1 N–H and O–H groups in total. The predicted octanol–water partition coefficient (Wildman–Crippen LogP) is 3.99. The molecule has 1 aliphatic heterocycles. The van der Waals surface area contributed by atoms with E-state index in [-0.39, 0.29) is 11.7 Å². The van der Waals surface area contributed by atoms with Crippen LogP contribution in [0, 0.1) is 18.3 Å². The first kappa shape index (κ1) is 23.3. The lowest BCUT2D eigenvalue weighted by molar-refractivity contribution is -0.144. The largest absolute Gasteiger partial charge is 0.481 e. The van der Waals surface area contributed by atoms with Crippen molar-refractivity contribution in [3.8, 4) is 17.0 Å². The summed E-state index contributed by atoms with van der Waals surface area (Å²) in [5.41, 5.74) is 3.67. The summed E-state index contributed by atoms with van der Waals surface area (Å²) in [7, 11) is 0. The molecule has 1 aromatic carbocycles. The number of fused-ring (bicyclic) bond motifs is 2. The molecule has 2 fully saturated rings. The van der Waals surface area contributed by atoms with E-state index in [1.807, 2.05) is 22.4 Å². The number of hydrogen-bond donors (Lipinski definition) is 1. The third-order valence-electron chi connectivity index (χ3n) is 7.50. The molecule has 0 amide bonds. The van der Waals surface area contributed by atoms with E-state index in [1.54, 1.807) is 36.8 Å². The molecular weight excluding hydrogens is 482 g/mol. The van der Waals surface area contributed by atoms with Crippen LogP contribution in [0.25, 0.3) is 16.9 Å². The van der Waals surface area contributed by atoms with Crippen LogP contribution in [0.3, 0.4) is 0 Å². The van der Waals surface area contributed by atoms with Crippen molar-refractivity contribution in [1.29, 1.82) is 0 Å². The first-order chi connectivity index (χ1) is 17.8. The summed E-state index contributed by atoms with van der Waals surface area (Å²) in [6.45, 7) is 0.219. The third-order valence-corrected chi connectivity index (χ3v) is 7.50. The molecule has 0 radical (unpaired) electrons. The summed E-state index contributed by atoms with van der Waals surface area (Å²) in [5.74, 6) is 0.152. The van der Waals surface area contributed by atoms with Gasteiger partial charge < -0.3 is 14.7 Å². The number of anilines is 1. The maximum atomic E-state index is 12.9. The molecule has 2 atom stereocenters. The number of carboxylic acids is 1. The molecule has 0 spiro atoms. The number of hydrogen-bond acceptors (Lipinski definition) is 7. The number of aryl methyl sites for hydroxylation is 1. The van der Waals surface area contributed by atoms with Gasteiger partial charge in [-0.15, -0.1) is 0 Å². The molecule has 2 aliphatic rings. The number of aromatic nitrogens is 5. The van der Waals surface area contributed by atoms with Crippen LogP contribution in [-0.2, 0) is 11.2 Å². The number of nitrogens with zero attached hydrogens (tertiary/aromatic N) is 6. The Morgan fingerprint density at radius 1 is 1.22 bits per heavy atom. The van der Waals surface area contributed by atoms with Gasteiger partial charge in [0.15, 0.2) is 5.65 Å². The SMILES string of the molecule is Cc1nc2cnc(-c3cnc(N4CCC5(C(=O)O)CC5C4)nc3)cn2c1Cc1ccccc1OC(F)F. The van der Waals surface area contributed by atoms with Gasteiger partial charge in [0.2, 0.25) is 5.95 Å². The van der Waals surface area contributed by atoms with Crippen molar-refractivity contribution in [3.63, 3.8) is 0 Å². The number of carboxylic acid groups (broad SMARTS) is 1. The summed E-state index contributed by atoms with van der Waals surface area (Å²) in [6, 6.07) is 6.73. The number of alkyl halides is 2. The first-order valence-electron chi connectivity index (χ1n) is 12.0. The minimum atomic E-state index is -2.91. The zero-order valence-corrected chi connectivity index (χ0v) is 20.0. The fourth-order valence-electron chi connectivity index (χ4n) is 5.31. The molecule has 1 saturated heterocycles. The summed E-state index contributed by atoms with van der Waals surface area (Å²) >= 11 is 0. The van der Waals surface area contributed by atoms with Crippen molar-refractivity contribution < 1.29 is 23.4 Å². The highest BCUT2D eigenvalue weighted by Gasteiger charge is 2.62. The van der Waals surface area contributed by atoms with E-state index in [1.165, 1.54) is 6.07 Å². The molecule has 4 heterocycles. The fourth-order valence-corrected chi connectivity index (χ4v) is 5.31. The van der Waals surface area contributed by atoms with Crippen molar-refractivity contribution >= 4 is 17.6 Å². The van der Waals surface area contributed by atoms with Crippen LogP contribution < -0.4 is 9.64 Å². The zero-order chi connectivity index (χ0) is 25.7. The van der Waals surface area contributed by atoms with E-state index >= 15 is 0 Å². The Labute approximate surface area is 210 Å². The topological polar surface area (TPSA) is 106 Å². The molecule has 190 valence electrons. The molecule has 4 aromatic rings. The van der Waals surface area contributed by atoms with Crippen molar-refractivity contribution in [2.45, 2.75) is 32.8 Å². The lowest BCUT2D eigenvalue weighted by Crippen LogP contribution is -2.38. The highest BCUT2D eigenvalue weighted by Crippen LogP contribution is 2.58. The molecule has 9 nitrogen and oxygen atoms in total. The van der Waals surface area contributed by atoms with Gasteiger partial charge in [-0.2, -0.15) is 8.78 Å². The third kappa shape index (κ3) is 4.13. The van der Waals surface area contributed by atoms with Crippen LogP contribution >= 0.6 is 0 Å². The normalized spacial score (nSPS) is 20.8. The molecule has 3 aromatic heterocycles. The number of rotatable bonds is 7. The summed E-state index contributed by atoms with van der Waals surface area (Å²) in [5, 5.41) is 9.49. The van der Waals surface area contributed by atoms with Gasteiger partial charge in [0.25, 0.3) is 0 Å². The van der Waals surface area contributed by atoms with Crippen molar-refractivity contribution in [2.75, 3.05) is 18.0 Å². The van der Waals surface area contributed by atoms with Gasteiger partial charge >= 0.3 is 12.6 Å². The quantitative estimate of drug-likeness (QED) is 0.401. The fraction of sp³-hybridized carbons (Fsp3) is 0.346. The Bertz CT molecular complexity index is 1490. The van der Waals surface area contributed by atoms with Crippen LogP contribution in [-0.4, -0.2) is 55.1 Å². The minimum Gasteiger partial charge on any atom is -0.481 e. The predicted molar refractivity (Wildman–Crippen MR) is 130 cm³/mol. The molecule has 37 heavy (non-hydrogen) atoms. The summed E-state index contributed by atoms with van der Waals surface area (Å²) in [4.78, 5) is 31.7. The van der Waals surface area contributed by atoms with E-state index in [0.29, 0.717) is 60.8 Å². The second-order valence-electron chi connectivity index (χ2n) is 9.64. The Hall–Kier alpha value is -4.15. The number of imidazole rings is 1. The van der Waals surface area contributed by atoms with E-state index in [9.17, 15) is 18.7 Å². The molecule has 1 saturated carbocycles. The average molecular weight is 507 g/mol. The number of halogens is 2. The maximum Gasteiger partial charge on any atom is 0.387 e. The van der Waals surface area contributed by atoms with Crippen LogP contribution in [0.5, 0.6) is 5.75 Å². The van der Waals surface area contributed by atoms with Gasteiger partial charge in [-0.25, -0.2) is 15.0 Å². The first-order valence-corrected chi connectivity index (χ1v) is 12.0. The van der Waals surface area contributed by atoms with E-state index in [0.717, 1.165) is 11.4 Å². The Kier molecular flexibility index (Phi) is 5.50. The van der Waals surface area contributed by atoms with E-state index in [2.05, 4.69) is 19.9 Å². The van der Waals surface area contributed by atoms with Gasteiger partial charge in [0.1, 0.15) is 5.75 Å². The lowest BCUT2D eigenvalue weighted by Gasteiger charge is -2.29. The van der Waals surface area contributed by atoms with Crippen molar-refractivity contribution in [1.82, 2.24) is 24.3 Å². The number of carbonyl (C=O) groups is 1. The molecule has 6 rings (SSSR count). The molecule has 1 aliphatic carbocycles. The summed E-state index contributed by atoms with van der Waals surface area (Å²) in [6.07, 6.45) is 8.57. The highest BCUT2D eigenvalue weighted by atomic mass is 19.3. The number of piperidine rings is 1. The smallest absolute Gasteiger partial charge is 0.387 e. The number of ether oxygens (including phenoxy) is 1. The highest BCUT2D eigenvalue weighted by molar-refractivity contribution is 5.79. The molecular formula is C26H24F2N6O3. The Balaban J connectivity index is 1.25.